The van der Waals surface area contributed by atoms with Gasteiger partial charge >= 0.3 is 0 Å². The number of anilines is 1. The van der Waals surface area contributed by atoms with Gasteiger partial charge in [-0.15, -0.1) is 0 Å². The number of methoxy groups -OCH3 is 4. The number of amides is 1. The number of nitrogens with one attached hydrogen (secondary N) is 1. The summed E-state index contributed by atoms with van der Waals surface area (Å²) in [6, 6.07) is 15.9. The molecule has 37 heavy (non-hydrogen) atoms. The highest BCUT2D eigenvalue weighted by molar-refractivity contribution is 7.92. The SMILES string of the molecule is COc1ccc(OC)c(C(C)NC(=O)CN(c2ccc(OC)c(OC)c2)S(=O)(=O)c2ccc(C)cc2)c1. The Kier molecular flexibility index (Phi) is 8.88. The molecule has 10 heteroatoms. The molecule has 9 nitrogen and oxygen atoms in total. The number of carbonyl (C=O) groups excluding carboxylic acids is 1. The van der Waals surface area contributed by atoms with Gasteiger partial charge < -0.3 is 24.3 Å². The summed E-state index contributed by atoms with van der Waals surface area (Å²) in [7, 11) is 1.92. The van der Waals surface area contributed by atoms with Crippen molar-refractivity contribution in [2.24, 2.45) is 0 Å². The lowest BCUT2D eigenvalue weighted by Crippen LogP contribution is -2.41. The summed E-state index contributed by atoms with van der Waals surface area (Å²) in [5, 5.41) is 2.87. The van der Waals surface area contributed by atoms with Crippen LogP contribution in [0.1, 0.15) is 24.1 Å². The molecule has 0 heterocycles. The van der Waals surface area contributed by atoms with Crippen molar-refractivity contribution in [3.05, 3.63) is 71.8 Å². The van der Waals surface area contributed by atoms with Crippen molar-refractivity contribution < 1.29 is 32.2 Å². The molecule has 0 spiro atoms. The average Bonchev–Trinajstić information content (AvgIpc) is 2.90. The van der Waals surface area contributed by atoms with E-state index < -0.39 is 28.5 Å². The van der Waals surface area contributed by atoms with Gasteiger partial charge in [-0.3, -0.25) is 9.10 Å². The van der Waals surface area contributed by atoms with Crippen LogP contribution in [0.25, 0.3) is 0 Å². The molecule has 3 aromatic rings. The number of benzene rings is 3. The Bertz CT molecular complexity index is 1340. The smallest absolute Gasteiger partial charge is 0.264 e. The van der Waals surface area contributed by atoms with E-state index in [2.05, 4.69) is 5.32 Å². The Balaban J connectivity index is 1.97. The highest BCUT2D eigenvalue weighted by Gasteiger charge is 2.29. The summed E-state index contributed by atoms with van der Waals surface area (Å²) >= 11 is 0. The topological polar surface area (TPSA) is 103 Å². The number of aryl methyl sites for hydroxylation is 1. The number of sulfonamides is 1. The first-order valence-electron chi connectivity index (χ1n) is 11.5. The average molecular weight is 529 g/mol. The van der Waals surface area contributed by atoms with Gasteiger partial charge in [0.15, 0.2) is 11.5 Å². The zero-order valence-electron chi connectivity index (χ0n) is 21.8. The van der Waals surface area contributed by atoms with Gasteiger partial charge in [0.05, 0.1) is 45.1 Å². The third-order valence-electron chi connectivity index (χ3n) is 5.83. The quantitative estimate of drug-likeness (QED) is 0.400. The summed E-state index contributed by atoms with van der Waals surface area (Å²) < 4.78 is 49.8. The van der Waals surface area contributed by atoms with Crippen molar-refractivity contribution >= 4 is 21.6 Å². The molecule has 1 unspecified atom stereocenters. The van der Waals surface area contributed by atoms with E-state index in [1.54, 1.807) is 56.5 Å². The van der Waals surface area contributed by atoms with E-state index in [4.69, 9.17) is 18.9 Å². The molecule has 0 radical (unpaired) electrons. The summed E-state index contributed by atoms with van der Waals surface area (Å²) in [6.07, 6.45) is 0. The van der Waals surface area contributed by atoms with Crippen LogP contribution < -0.4 is 28.6 Å². The molecule has 0 aliphatic heterocycles. The monoisotopic (exact) mass is 528 g/mol. The number of hydrogen-bond donors (Lipinski definition) is 1. The molecule has 0 aliphatic rings. The van der Waals surface area contributed by atoms with Crippen molar-refractivity contribution in [3.8, 4) is 23.0 Å². The number of carbonyl (C=O) groups is 1. The molecule has 1 N–H and O–H groups in total. The molecular formula is C27H32N2O7S. The van der Waals surface area contributed by atoms with E-state index in [0.717, 1.165) is 9.87 Å². The number of nitrogens with zero attached hydrogens (tertiary/aromatic N) is 1. The highest BCUT2D eigenvalue weighted by Crippen LogP contribution is 2.34. The minimum Gasteiger partial charge on any atom is -0.497 e. The molecule has 0 saturated carbocycles. The summed E-state index contributed by atoms with van der Waals surface area (Å²) in [4.78, 5) is 13.3. The molecule has 0 aliphatic carbocycles. The molecule has 0 bridgehead atoms. The minimum atomic E-state index is -4.10. The second kappa shape index (κ2) is 11.9. The van der Waals surface area contributed by atoms with Gasteiger partial charge in [0, 0.05) is 11.6 Å². The van der Waals surface area contributed by atoms with E-state index in [9.17, 15) is 13.2 Å². The van der Waals surface area contributed by atoms with Crippen LogP contribution in [0.4, 0.5) is 5.69 Å². The zero-order chi connectivity index (χ0) is 27.2. The fraction of sp³-hybridized carbons (Fsp3) is 0.296. The van der Waals surface area contributed by atoms with Crippen LogP contribution in [0, 0.1) is 6.92 Å². The molecule has 0 saturated heterocycles. The van der Waals surface area contributed by atoms with Crippen LogP contribution in [0.2, 0.25) is 0 Å². The standard InChI is InChI=1S/C27H32N2O7S/c1-18-7-11-22(12-8-18)37(31,32)29(20-9-13-25(35-5)26(15-20)36-6)17-27(30)28-19(2)23-16-21(33-3)10-14-24(23)34-4/h7-16,19H,17H2,1-6H3,(H,28,30). The lowest BCUT2D eigenvalue weighted by molar-refractivity contribution is -0.120. The van der Waals surface area contributed by atoms with Crippen LogP contribution in [0.3, 0.4) is 0 Å². The maximum Gasteiger partial charge on any atom is 0.264 e. The summed E-state index contributed by atoms with van der Waals surface area (Å²) in [5.74, 6) is 1.42. The highest BCUT2D eigenvalue weighted by atomic mass is 32.2. The van der Waals surface area contributed by atoms with Crippen LogP contribution in [0.15, 0.2) is 65.6 Å². The first kappa shape index (κ1) is 27.7. The largest absolute Gasteiger partial charge is 0.497 e. The van der Waals surface area contributed by atoms with Crippen molar-refractivity contribution in [1.29, 1.82) is 0 Å². The van der Waals surface area contributed by atoms with Crippen molar-refractivity contribution in [2.45, 2.75) is 24.8 Å². The van der Waals surface area contributed by atoms with Gasteiger partial charge in [0.25, 0.3) is 10.0 Å². The molecule has 0 fully saturated rings. The fourth-order valence-corrected chi connectivity index (χ4v) is 5.22. The molecule has 0 aromatic heterocycles. The molecule has 3 aromatic carbocycles. The van der Waals surface area contributed by atoms with Crippen molar-refractivity contribution in [3.63, 3.8) is 0 Å². The summed E-state index contributed by atoms with van der Waals surface area (Å²) in [5.41, 5.74) is 1.85. The van der Waals surface area contributed by atoms with Gasteiger partial charge in [0.1, 0.15) is 18.0 Å². The lowest BCUT2D eigenvalue weighted by Gasteiger charge is -2.26. The fourth-order valence-electron chi connectivity index (χ4n) is 3.81. The van der Waals surface area contributed by atoms with Gasteiger partial charge in [0.2, 0.25) is 5.91 Å². The Morgan fingerprint density at radius 3 is 2.05 bits per heavy atom. The predicted molar refractivity (Wildman–Crippen MR) is 141 cm³/mol. The van der Waals surface area contributed by atoms with Crippen LogP contribution in [0.5, 0.6) is 23.0 Å². The van der Waals surface area contributed by atoms with E-state index in [-0.39, 0.29) is 10.6 Å². The first-order chi connectivity index (χ1) is 17.6. The number of ether oxygens (including phenoxy) is 4. The molecule has 3 rings (SSSR count). The van der Waals surface area contributed by atoms with Gasteiger partial charge in [-0.25, -0.2) is 8.42 Å². The van der Waals surface area contributed by atoms with Gasteiger partial charge in [-0.1, -0.05) is 17.7 Å². The van der Waals surface area contributed by atoms with Gasteiger partial charge in [-0.2, -0.15) is 0 Å². The minimum absolute atomic E-state index is 0.0585. The Morgan fingerprint density at radius 1 is 0.838 bits per heavy atom. The van der Waals surface area contributed by atoms with E-state index in [1.165, 1.54) is 39.5 Å². The van der Waals surface area contributed by atoms with Crippen molar-refractivity contribution in [2.75, 3.05) is 39.3 Å². The normalized spacial score (nSPS) is 11.8. The van der Waals surface area contributed by atoms with Gasteiger partial charge in [-0.05, 0) is 56.3 Å². The van der Waals surface area contributed by atoms with E-state index in [0.29, 0.717) is 28.6 Å². The number of hydrogen-bond acceptors (Lipinski definition) is 7. The molecule has 198 valence electrons. The van der Waals surface area contributed by atoms with Crippen molar-refractivity contribution in [1.82, 2.24) is 5.32 Å². The Labute approximate surface area is 218 Å². The van der Waals surface area contributed by atoms with Crippen LogP contribution in [-0.4, -0.2) is 49.3 Å². The molecule has 1 atom stereocenters. The lowest BCUT2D eigenvalue weighted by atomic mass is 10.1. The molecular weight excluding hydrogens is 496 g/mol. The summed E-state index contributed by atoms with van der Waals surface area (Å²) in [6.45, 7) is 3.18. The van der Waals surface area contributed by atoms with E-state index in [1.807, 2.05) is 6.92 Å². The maximum atomic E-state index is 13.7. The Morgan fingerprint density at radius 2 is 1.46 bits per heavy atom. The third-order valence-corrected chi connectivity index (χ3v) is 7.62. The van der Waals surface area contributed by atoms with E-state index >= 15 is 0 Å². The second-order valence-corrected chi connectivity index (χ2v) is 10.1. The maximum absolute atomic E-state index is 13.7. The second-order valence-electron chi connectivity index (χ2n) is 8.26. The third kappa shape index (κ3) is 6.26. The zero-order valence-corrected chi connectivity index (χ0v) is 22.6. The van der Waals surface area contributed by atoms with Crippen LogP contribution >= 0.6 is 0 Å². The first-order valence-corrected chi connectivity index (χ1v) is 12.9. The van der Waals surface area contributed by atoms with Crippen LogP contribution in [-0.2, 0) is 14.8 Å². The predicted octanol–water partition coefficient (Wildman–Crippen LogP) is 4.10. The molecule has 1 amide bonds. The number of rotatable bonds is 11. The Hall–Kier alpha value is -3.92.